The van der Waals surface area contributed by atoms with E-state index in [4.69, 9.17) is 0 Å². The molecule has 2 N–H and O–H groups in total. The highest BCUT2D eigenvalue weighted by Crippen LogP contribution is 2.19. The molecule has 1 amide bonds. The molecule has 0 saturated carbocycles. The Morgan fingerprint density at radius 3 is 2.42 bits per heavy atom. The van der Waals surface area contributed by atoms with Crippen LogP contribution in [0.1, 0.15) is 50.4 Å². The smallest absolute Gasteiger partial charge is 0.256 e. The van der Waals surface area contributed by atoms with Crippen molar-refractivity contribution in [2.75, 3.05) is 39.8 Å². The Labute approximate surface area is 184 Å². The monoisotopic (exact) mass is 450 g/mol. The lowest BCUT2D eigenvalue weighted by molar-refractivity contribution is 0.0950. The molecule has 2 aromatic rings. The third-order valence-corrected chi connectivity index (χ3v) is 7.38. The van der Waals surface area contributed by atoms with Gasteiger partial charge in [-0.15, -0.1) is 0 Å². The van der Waals surface area contributed by atoms with E-state index in [-0.39, 0.29) is 15.8 Å². The van der Waals surface area contributed by atoms with E-state index in [1.807, 2.05) is 0 Å². The maximum atomic E-state index is 12.9. The fraction of sp³-hybridized carbons (Fsp3) is 0.545. The van der Waals surface area contributed by atoms with Gasteiger partial charge < -0.3 is 15.2 Å². The van der Waals surface area contributed by atoms with Gasteiger partial charge >= 0.3 is 0 Å². The summed E-state index contributed by atoms with van der Waals surface area (Å²) in [5.41, 5.74) is -0.0234. The second-order valence-corrected chi connectivity index (χ2v) is 9.53. The van der Waals surface area contributed by atoms with E-state index in [2.05, 4.69) is 29.2 Å². The summed E-state index contributed by atoms with van der Waals surface area (Å²) < 4.78 is 26.9. The molecule has 0 radical (unpaired) electrons. The molecule has 0 aliphatic carbocycles. The molecule has 0 unspecified atom stereocenters. The molecule has 0 fully saturated rings. The van der Waals surface area contributed by atoms with Gasteiger partial charge in [0.25, 0.3) is 5.91 Å². The van der Waals surface area contributed by atoms with Crippen LogP contribution >= 0.6 is 0 Å². The van der Waals surface area contributed by atoms with Gasteiger partial charge in [0, 0.05) is 36.7 Å². The molecule has 0 bridgehead atoms. The van der Waals surface area contributed by atoms with Crippen LogP contribution in [0.15, 0.2) is 34.1 Å². The molecule has 0 spiro atoms. The van der Waals surface area contributed by atoms with Gasteiger partial charge in [-0.3, -0.25) is 9.59 Å². The Morgan fingerprint density at radius 1 is 1.10 bits per heavy atom. The second-order valence-electron chi connectivity index (χ2n) is 7.59. The number of unbranched alkanes of at least 4 members (excludes halogenated alkanes) is 1. The van der Waals surface area contributed by atoms with Gasteiger partial charge in [-0.05, 0) is 51.2 Å². The lowest BCUT2D eigenvalue weighted by atomic mass is 10.1. The van der Waals surface area contributed by atoms with E-state index in [1.54, 1.807) is 19.9 Å². The molecule has 172 valence electrons. The lowest BCUT2D eigenvalue weighted by Gasteiger charge is -2.18. The highest BCUT2D eigenvalue weighted by Gasteiger charge is 2.23. The first-order valence-corrected chi connectivity index (χ1v) is 12.3. The molecule has 31 heavy (non-hydrogen) atoms. The van der Waals surface area contributed by atoms with Crippen LogP contribution in [0, 0.1) is 0 Å². The van der Waals surface area contributed by atoms with Crippen molar-refractivity contribution in [2.45, 2.75) is 44.9 Å². The zero-order valence-corrected chi connectivity index (χ0v) is 19.7. The van der Waals surface area contributed by atoms with Crippen LogP contribution in [0.25, 0.3) is 10.9 Å². The molecule has 0 saturated heterocycles. The van der Waals surface area contributed by atoms with Crippen molar-refractivity contribution >= 4 is 26.8 Å². The highest BCUT2D eigenvalue weighted by molar-refractivity contribution is 7.89. The third-order valence-electron chi connectivity index (χ3n) is 5.34. The van der Waals surface area contributed by atoms with E-state index in [9.17, 15) is 18.0 Å². The number of aromatic nitrogens is 1. The van der Waals surface area contributed by atoms with Crippen molar-refractivity contribution in [1.82, 2.24) is 19.5 Å². The lowest BCUT2D eigenvalue weighted by Crippen LogP contribution is -2.32. The highest BCUT2D eigenvalue weighted by atomic mass is 32.2. The number of pyridine rings is 1. The molecule has 9 heteroatoms. The van der Waals surface area contributed by atoms with Crippen LogP contribution in [-0.4, -0.2) is 68.3 Å². The number of hydrogen-bond donors (Lipinski definition) is 2. The maximum Gasteiger partial charge on any atom is 0.256 e. The number of hydrogen-bond acceptors (Lipinski definition) is 5. The van der Waals surface area contributed by atoms with Gasteiger partial charge in [0.15, 0.2) is 0 Å². The fourth-order valence-corrected chi connectivity index (χ4v) is 4.91. The SMILES string of the molecule is CCCCN(C)CCCNC(=O)c1c[nH]c2ccc(S(=O)(=O)N(CC)CC)cc2c1=O. The Hall–Kier alpha value is -2.23. The third kappa shape index (κ3) is 6.15. The van der Waals surface area contributed by atoms with E-state index in [1.165, 1.54) is 22.6 Å². The number of fused-ring (bicyclic) bond motifs is 1. The summed E-state index contributed by atoms with van der Waals surface area (Å²) in [6.07, 6.45) is 4.45. The number of H-pyrrole nitrogens is 1. The Balaban J connectivity index is 2.18. The van der Waals surface area contributed by atoms with E-state index >= 15 is 0 Å². The molecule has 1 aromatic heterocycles. The van der Waals surface area contributed by atoms with Crippen LogP contribution in [0.5, 0.6) is 0 Å². The average Bonchev–Trinajstić information content (AvgIpc) is 2.75. The first kappa shape index (κ1) is 25.0. The molecule has 1 heterocycles. The fourth-order valence-electron chi connectivity index (χ4n) is 3.43. The summed E-state index contributed by atoms with van der Waals surface area (Å²) in [5, 5.41) is 2.97. The maximum absolute atomic E-state index is 12.9. The Morgan fingerprint density at radius 2 is 1.77 bits per heavy atom. The van der Waals surface area contributed by atoms with E-state index < -0.39 is 21.4 Å². The van der Waals surface area contributed by atoms with Gasteiger partial charge in [0.05, 0.1) is 4.90 Å². The number of nitrogens with one attached hydrogen (secondary N) is 2. The molecule has 0 aliphatic heterocycles. The van der Waals surface area contributed by atoms with Gasteiger partial charge in [-0.1, -0.05) is 27.2 Å². The summed E-state index contributed by atoms with van der Waals surface area (Å²) in [7, 11) is -1.65. The van der Waals surface area contributed by atoms with Gasteiger partial charge in [-0.25, -0.2) is 8.42 Å². The topological polar surface area (TPSA) is 103 Å². The minimum atomic E-state index is -3.70. The van der Waals surface area contributed by atoms with Gasteiger partial charge in [0.2, 0.25) is 15.5 Å². The van der Waals surface area contributed by atoms with Gasteiger partial charge in [-0.2, -0.15) is 4.31 Å². The van der Waals surface area contributed by atoms with Crippen molar-refractivity contribution in [3.05, 3.63) is 40.2 Å². The number of rotatable bonds is 12. The molecular weight excluding hydrogens is 416 g/mol. The Bertz CT molecular complexity index is 1050. The van der Waals surface area contributed by atoms with Crippen molar-refractivity contribution in [3.63, 3.8) is 0 Å². The molecular formula is C22H34N4O4S. The van der Waals surface area contributed by atoms with Crippen LogP contribution in [0.2, 0.25) is 0 Å². The quantitative estimate of drug-likeness (QED) is 0.484. The number of amides is 1. The molecule has 0 aliphatic rings. The molecule has 0 atom stereocenters. The normalized spacial score (nSPS) is 12.1. The number of benzene rings is 1. The first-order valence-electron chi connectivity index (χ1n) is 10.9. The van der Waals surface area contributed by atoms with Crippen molar-refractivity contribution in [2.24, 2.45) is 0 Å². The predicted molar refractivity (Wildman–Crippen MR) is 124 cm³/mol. The van der Waals surface area contributed by atoms with Crippen LogP contribution in [0.4, 0.5) is 0 Å². The van der Waals surface area contributed by atoms with E-state index in [0.717, 1.165) is 32.4 Å². The Kier molecular flexibility index (Phi) is 9.21. The average molecular weight is 451 g/mol. The van der Waals surface area contributed by atoms with Crippen molar-refractivity contribution in [1.29, 1.82) is 0 Å². The first-order chi connectivity index (χ1) is 14.8. The minimum absolute atomic E-state index is 0.0239. The summed E-state index contributed by atoms with van der Waals surface area (Å²) in [5.74, 6) is -0.462. The minimum Gasteiger partial charge on any atom is -0.360 e. The van der Waals surface area contributed by atoms with Crippen molar-refractivity contribution < 1.29 is 13.2 Å². The summed E-state index contributed by atoms with van der Waals surface area (Å²) in [4.78, 5) is 30.7. The zero-order chi connectivity index (χ0) is 23.0. The number of sulfonamides is 1. The summed E-state index contributed by atoms with van der Waals surface area (Å²) in [6, 6.07) is 4.38. The zero-order valence-electron chi connectivity index (χ0n) is 18.9. The van der Waals surface area contributed by atoms with E-state index in [0.29, 0.717) is 25.2 Å². The largest absolute Gasteiger partial charge is 0.360 e. The molecule has 2 rings (SSSR count). The van der Waals surface area contributed by atoms with Crippen LogP contribution < -0.4 is 10.7 Å². The second kappa shape index (κ2) is 11.4. The molecule has 1 aromatic carbocycles. The summed E-state index contributed by atoms with van der Waals surface area (Å²) in [6.45, 7) is 8.69. The van der Waals surface area contributed by atoms with Crippen molar-refractivity contribution in [3.8, 4) is 0 Å². The predicted octanol–water partition coefficient (Wildman–Crippen LogP) is 2.41. The number of carbonyl (C=O) groups is 1. The number of aromatic amines is 1. The number of carbonyl (C=O) groups excluding carboxylic acids is 1. The standard InChI is InChI=1S/C22H34N4O4S/c1-5-8-13-25(4)14-9-12-23-22(28)19-16-24-20-11-10-17(15-18(20)21(19)27)31(29,30)26(6-2)7-3/h10-11,15-16H,5-9,12-14H2,1-4H3,(H,23,28)(H,24,27). The summed E-state index contributed by atoms with van der Waals surface area (Å²) >= 11 is 0. The number of nitrogens with zero attached hydrogens (tertiary/aromatic N) is 2. The van der Waals surface area contributed by atoms with Gasteiger partial charge in [0.1, 0.15) is 5.56 Å². The van der Waals surface area contributed by atoms with Crippen LogP contribution in [-0.2, 0) is 10.0 Å². The van der Waals surface area contributed by atoms with Crippen LogP contribution in [0.3, 0.4) is 0 Å². The molecule has 8 nitrogen and oxygen atoms in total.